The first-order valence-corrected chi connectivity index (χ1v) is 7.38. The molecular weight excluding hydrogens is 292 g/mol. The summed E-state index contributed by atoms with van der Waals surface area (Å²) >= 11 is 0. The first-order chi connectivity index (χ1) is 11.0. The number of nitrogens with zero attached hydrogens (tertiary/aromatic N) is 3. The van der Waals surface area contributed by atoms with Gasteiger partial charge in [-0.15, -0.1) is 6.42 Å². The lowest BCUT2D eigenvalue weighted by molar-refractivity contribution is 0.310. The Morgan fingerprint density at radius 2 is 2.09 bits per heavy atom. The second-order valence-corrected chi connectivity index (χ2v) is 5.29. The van der Waals surface area contributed by atoms with Crippen LogP contribution in [-0.4, -0.2) is 33.2 Å². The fourth-order valence-corrected chi connectivity index (χ4v) is 2.00. The molecule has 0 spiro atoms. The molecule has 0 aliphatic heterocycles. The highest BCUT2D eigenvalue weighted by Crippen LogP contribution is 2.33. The lowest BCUT2D eigenvalue weighted by Gasteiger charge is -2.16. The number of pyridine rings is 1. The van der Waals surface area contributed by atoms with E-state index < -0.39 is 0 Å². The fourth-order valence-electron chi connectivity index (χ4n) is 2.00. The van der Waals surface area contributed by atoms with Crippen LogP contribution in [0.4, 0.5) is 5.82 Å². The smallest absolute Gasteiger partial charge is 0.187 e. The third-order valence-corrected chi connectivity index (χ3v) is 3.16. The van der Waals surface area contributed by atoms with E-state index >= 15 is 0 Å². The second-order valence-electron chi connectivity index (χ2n) is 5.29. The van der Waals surface area contributed by atoms with E-state index in [9.17, 15) is 0 Å². The first kappa shape index (κ1) is 16.7. The van der Waals surface area contributed by atoms with Gasteiger partial charge in [-0.1, -0.05) is 19.8 Å². The van der Waals surface area contributed by atoms with E-state index in [1.165, 1.54) is 0 Å². The molecule has 23 heavy (non-hydrogen) atoms. The molecule has 2 aromatic rings. The molecule has 0 saturated heterocycles. The highest BCUT2D eigenvalue weighted by Gasteiger charge is 2.14. The van der Waals surface area contributed by atoms with Crippen LogP contribution in [0.25, 0.3) is 0 Å². The van der Waals surface area contributed by atoms with Crippen LogP contribution in [0.1, 0.15) is 36.8 Å². The quantitative estimate of drug-likeness (QED) is 0.798. The molecule has 0 aromatic carbocycles. The normalized spacial score (nSPS) is 10.4. The van der Waals surface area contributed by atoms with Gasteiger partial charge in [-0.3, -0.25) is 0 Å². The van der Waals surface area contributed by atoms with Crippen molar-refractivity contribution in [2.45, 2.75) is 26.7 Å². The molecule has 2 N–H and O–H groups in total. The molecule has 120 valence electrons. The number of hydrogen-bond donors (Lipinski definition) is 2. The Balaban J connectivity index is 2.40. The number of aryl methyl sites for hydroxylation is 1. The Morgan fingerprint density at radius 3 is 2.74 bits per heavy atom. The highest BCUT2D eigenvalue weighted by atomic mass is 16.5. The average molecular weight is 312 g/mol. The SMILES string of the molecule is C#Cc1cc(Oc2cnc(C)nc2NCCO)c(C(C)C)cn1. The lowest BCUT2D eigenvalue weighted by Crippen LogP contribution is -2.09. The average Bonchev–Trinajstić information content (AvgIpc) is 2.54. The van der Waals surface area contributed by atoms with Crippen molar-refractivity contribution in [2.24, 2.45) is 0 Å². The van der Waals surface area contributed by atoms with Crippen molar-refractivity contribution in [3.05, 3.63) is 35.5 Å². The van der Waals surface area contributed by atoms with Crippen molar-refractivity contribution < 1.29 is 9.84 Å². The largest absolute Gasteiger partial charge is 0.451 e. The van der Waals surface area contributed by atoms with Crippen LogP contribution in [0.15, 0.2) is 18.5 Å². The van der Waals surface area contributed by atoms with Crippen LogP contribution in [0.2, 0.25) is 0 Å². The van der Waals surface area contributed by atoms with E-state index in [1.54, 1.807) is 25.4 Å². The predicted octanol–water partition coefficient (Wildman–Crippen LogP) is 2.48. The van der Waals surface area contributed by atoms with Gasteiger partial charge in [0, 0.05) is 24.4 Å². The fraction of sp³-hybridized carbons (Fsp3) is 0.353. The standard InChI is InChI=1S/C17H20N4O2/c1-5-13-8-15(14(9-20-13)11(2)3)23-16-10-19-12(4)21-17(16)18-6-7-22/h1,8-11,22H,6-7H2,2-4H3,(H,18,19,21). The number of terminal acetylenes is 1. The molecule has 2 heterocycles. The van der Waals surface area contributed by atoms with E-state index in [1.807, 2.05) is 0 Å². The van der Waals surface area contributed by atoms with E-state index in [4.69, 9.17) is 16.3 Å². The van der Waals surface area contributed by atoms with E-state index in [2.05, 4.69) is 40.0 Å². The summed E-state index contributed by atoms with van der Waals surface area (Å²) in [6.45, 7) is 6.26. The van der Waals surface area contributed by atoms with Gasteiger partial charge in [-0.2, -0.15) is 0 Å². The van der Waals surface area contributed by atoms with E-state index in [0.717, 1.165) is 5.56 Å². The summed E-state index contributed by atoms with van der Waals surface area (Å²) in [6, 6.07) is 1.73. The number of hydrogen-bond acceptors (Lipinski definition) is 6. The van der Waals surface area contributed by atoms with Gasteiger partial charge in [0.25, 0.3) is 0 Å². The minimum absolute atomic E-state index is 0.00374. The zero-order chi connectivity index (χ0) is 16.8. The van der Waals surface area contributed by atoms with Crippen molar-refractivity contribution >= 4 is 5.82 Å². The predicted molar refractivity (Wildman–Crippen MR) is 88.7 cm³/mol. The van der Waals surface area contributed by atoms with Gasteiger partial charge in [0.15, 0.2) is 11.6 Å². The molecule has 2 aromatic heterocycles. The van der Waals surface area contributed by atoms with Crippen molar-refractivity contribution in [3.63, 3.8) is 0 Å². The zero-order valence-electron chi connectivity index (χ0n) is 13.5. The molecule has 6 nitrogen and oxygen atoms in total. The maximum Gasteiger partial charge on any atom is 0.187 e. The molecule has 0 aliphatic carbocycles. The van der Waals surface area contributed by atoms with Crippen molar-refractivity contribution in [3.8, 4) is 23.8 Å². The van der Waals surface area contributed by atoms with Crippen molar-refractivity contribution in [1.82, 2.24) is 15.0 Å². The summed E-state index contributed by atoms with van der Waals surface area (Å²) in [5, 5.41) is 12.0. The molecule has 2 rings (SSSR count). The minimum atomic E-state index is -0.00374. The van der Waals surface area contributed by atoms with E-state index in [-0.39, 0.29) is 12.5 Å². The maximum atomic E-state index is 8.99. The molecule has 0 saturated carbocycles. The Labute approximate surface area is 136 Å². The van der Waals surface area contributed by atoms with Gasteiger partial charge in [-0.05, 0) is 12.8 Å². The van der Waals surface area contributed by atoms with Crippen molar-refractivity contribution in [2.75, 3.05) is 18.5 Å². The van der Waals surface area contributed by atoms with Gasteiger partial charge in [0.1, 0.15) is 17.3 Å². The number of aliphatic hydroxyl groups excluding tert-OH is 1. The molecule has 0 atom stereocenters. The Bertz CT molecular complexity index is 723. The highest BCUT2D eigenvalue weighted by molar-refractivity contribution is 5.52. The molecule has 0 amide bonds. The monoisotopic (exact) mass is 312 g/mol. The maximum absolute atomic E-state index is 8.99. The first-order valence-electron chi connectivity index (χ1n) is 7.38. The van der Waals surface area contributed by atoms with Gasteiger partial charge in [0.2, 0.25) is 0 Å². The Hall–Kier alpha value is -2.65. The summed E-state index contributed by atoms with van der Waals surface area (Å²) in [5.74, 6) is 4.97. The van der Waals surface area contributed by atoms with E-state index in [0.29, 0.717) is 35.4 Å². The number of anilines is 1. The molecule has 0 radical (unpaired) electrons. The molecule has 0 fully saturated rings. The van der Waals surface area contributed by atoms with Gasteiger partial charge >= 0.3 is 0 Å². The number of aromatic nitrogens is 3. The number of nitrogens with one attached hydrogen (secondary N) is 1. The Morgan fingerprint density at radius 1 is 1.30 bits per heavy atom. The van der Waals surface area contributed by atoms with Crippen LogP contribution in [0.5, 0.6) is 11.5 Å². The zero-order valence-corrected chi connectivity index (χ0v) is 13.5. The van der Waals surface area contributed by atoms with Crippen LogP contribution < -0.4 is 10.1 Å². The summed E-state index contributed by atoms with van der Waals surface area (Å²) in [4.78, 5) is 12.7. The van der Waals surface area contributed by atoms with Gasteiger partial charge in [0.05, 0.1) is 12.8 Å². The molecule has 0 aliphatic rings. The van der Waals surface area contributed by atoms with Gasteiger partial charge < -0.3 is 15.2 Å². The topological polar surface area (TPSA) is 80.2 Å². The van der Waals surface area contributed by atoms with Crippen molar-refractivity contribution in [1.29, 1.82) is 0 Å². The summed E-state index contributed by atoms with van der Waals surface area (Å²) in [7, 11) is 0. The van der Waals surface area contributed by atoms with Crippen LogP contribution >= 0.6 is 0 Å². The van der Waals surface area contributed by atoms with Gasteiger partial charge in [-0.25, -0.2) is 15.0 Å². The number of rotatable bonds is 6. The third kappa shape index (κ3) is 4.18. The summed E-state index contributed by atoms with van der Waals surface area (Å²) in [5.41, 5.74) is 1.44. The minimum Gasteiger partial charge on any atom is -0.451 e. The molecule has 0 bridgehead atoms. The summed E-state index contributed by atoms with van der Waals surface area (Å²) in [6.07, 6.45) is 8.75. The second kappa shape index (κ2) is 7.56. The van der Waals surface area contributed by atoms with Crippen LogP contribution in [0.3, 0.4) is 0 Å². The lowest BCUT2D eigenvalue weighted by atomic mass is 10.0. The number of ether oxygens (including phenoxy) is 1. The summed E-state index contributed by atoms with van der Waals surface area (Å²) < 4.78 is 5.99. The van der Waals surface area contributed by atoms with Crippen LogP contribution in [0, 0.1) is 19.3 Å². The third-order valence-electron chi connectivity index (χ3n) is 3.16. The Kier molecular flexibility index (Phi) is 5.50. The molecular formula is C17H20N4O2. The molecule has 6 heteroatoms. The number of aliphatic hydroxyl groups is 1. The van der Waals surface area contributed by atoms with Crippen LogP contribution in [-0.2, 0) is 0 Å². The molecule has 0 unspecified atom stereocenters.